The summed E-state index contributed by atoms with van der Waals surface area (Å²) in [5, 5.41) is 6.74. The van der Waals surface area contributed by atoms with Crippen LogP contribution < -0.4 is 15.6 Å². The van der Waals surface area contributed by atoms with Crippen LogP contribution >= 0.6 is 11.6 Å². The van der Waals surface area contributed by atoms with Crippen LogP contribution in [-0.2, 0) is 10.0 Å². The molecule has 0 radical (unpaired) electrons. The molecule has 0 spiro atoms. The van der Waals surface area contributed by atoms with E-state index in [4.69, 9.17) is 16.7 Å². The topological polar surface area (TPSA) is 92.5 Å². The molecule has 8 heteroatoms. The Bertz CT molecular complexity index is 851. The Morgan fingerprint density at radius 3 is 2.38 bits per heavy atom. The normalized spacial score (nSPS) is 11.2. The Morgan fingerprint density at radius 1 is 1.21 bits per heavy atom. The molecule has 128 valence electrons. The molecule has 0 heterocycles. The minimum atomic E-state index is -4.01. The number of anilines is 1. The van der Waals surface area contributed by atoms with Gasteiger partial charge in [-0.05, 0) is 44.2 Å². The second-order valence-electron chi connectivity index (χ2n) is 5.21. The number of halogens is 1. The van der Waals surface area contributed by atoms with Gasteiger partial charge in [0.2, 0.25) is 10.0 Å². The number of aryl methyl sites for hydroxylation is 1. The van der Waals surface area contributed by atoms with E-state index < -0.39 is 15.9 Å². The van der Waals surface area contributed by atoms with Crippen LogP contribution in [0.25, 0.3) is 0 Å². The summed E-state index contributed by atoms with van der Waals surface area (Å²) in [6.07, 6.45) is 0. The molecule has 2 aromatic rings. The third-order valence-corrected chi connectivity index (χ3v) is 4.79. The monoisotopic (exact) mass is 367 g/mol. The van der Waals surface area contributed by atoms with Crippen LogP contribution in [0.5, 0.6) is 0 Å². The van der Waals surface area contributed by atoms with Crippen molar-refractivity contribution in [3.63, 3.8) is 0 Å². The van der Waals surface area contributed by atoms with Crippen molar-refractivity contribution in [1.82, 2.24) is 5.43 Å². The summed E-state index contributed by atoms with van der Waals surface area (Å²) in [7, 11) is -4.01. The first kappa shape index (κ1) is 18.3. The lowest BCUT2D eigenvalue weighted by Crippen LogP contribution is -2.42. The average molecular weight is 368 g/mol. The van der Waals surface area contributed by atoms with Gasteiger partial charge in [-0.15, -0.1) is 0 Å². The van der Waals surface area contributed by atoms with E-state index >= 15 is 0 Å². The number of sulfonamides is 1. The highest BCUT2D eigenvalue weighted by atomic mass is 35.5. The molecule has 0 saturated heterocycles. The minimum Gasteiger partial charge on any atom is -0.286 e. The zero-order valence-corrected chi connectivity index (χ0v) is 14.9. The molecule has 0 aliphatic rings. The number of nitrogens with two attached hydrogens (primary N) is 1. The Balaban J connectivity index is 2.27. The molecule has 2 rings (SSSR count). The van der Waals surface area contributed by atoms with Crippen molar-refractivity contribution in [2.24, 2.45) is 5.14 Å². The molecule has 2 aromatic carbocycles. The highest BCUT2D eigenvalue weighted by molar-refractivity contribution is 7.89. The zero-order chi connectivity index (χ0) is 17.9. The summed E-state index contributed by atoms with van der Waals surface area (Å²) in [6.45, 7) is 4.39. The smallest absolute Gasteiger partial charge is 0.269 e. The van der Waals surface area contributed by atoms with Crippen LogP contribution in [0.1, 0.15) is 22.8 Å². The molecule has 0 bridgehead atoms. The molecule has 0 saturated carbocycles. The molecule has 24 heavy (non-hydrogen) atoms. The number of amides is 1. The van der Waals surface area contributed by atoms with Gasteiger partial charge in [-0.25, -0.2) is 13.6 Å². The van der Waals surface area contributed by atoms with E-state index in [9.17, 15) is 13.2 Å². The van der Waals surface area contributed by atoms with E-state index in [2.05, 4.69) is 5.43 Å². The molecule has 3 N–H and O–H groups in total. The number of benzene rings is 2. The number of hydrogen-bond donors (Lipinski definition) is 2. The van der Waals surface area contributed by atoms with Gasteiger partial charge >= 0.3 is 0 Å². The maximum atomic E-state index is 12.4. The predicted molar refractivity (Wildman–Crippen MR) is 94.5 cm³/mol. The summed E-state index contributed by atoms with van der Waals surface area (Å²) in [5.74, 6) is -0.459. The largest absolute Gasteiger partial charge is 0.286 e. The standard InChI is InChI=1S/C16H18ClN3O3S/c1-3-20(13-7-4-11(2)5-8-13)19-16(21)12-6-9-14(17)15(10-12)24(18,22)23/h4-10H,3H2,1-2H3,(H,19,21)(H2,18,22,23). The maximum Gasteiger partial charge on any atom is 0.269 e. The van der Waals surface area contributed by atoms with Gasteiger partial charge in [0.1, 0.15) is 4.90 Å². The molecule has 0 atom stereocenters. The number of hydrazine groups is 1. The molecular weight excluding hydrogens is 350 g/mol. The molecule has 0 unspecified atom stereocenters. The Labute approximate surface area is 146 Å². The van der Waals surface area contributed by atoms with E-state index in [-0.39, 0.29) is 15.5 Å². The van der Waals surface area contributed by atoms with Gasteiger partial charge in [0.25, 0.3) is 5.91 Å². The molecule has 0 aromatic heterocycles. The van der Waals surface area contributed by atoms with E-state index in [0.717, 1.165) is 17.3 Å². The number of carbonyl (C=O) groups is 1. The molecule has 0 aliphatic heterocycles. The van der Waals surface area contributed by atoms with Gasteiger partial charge < -0.3 is 0 Å². The summed E-state index contributed by atoms with van der Waals surface area (Å²) in [4.78, 5) is 12.1. The van der Waals surface area contributed by atoms with Crippen LogP contribution in [0.15, 0.2) is 47.4 Å². The highest BCUT2D eigenvalue weighted by Gasteiger charge is 2.17. The first-order valence-electron chi connectivity index (χ1n) is 7.20. The first-order valence-corrected chi connectivity index (χ1v) is 9.12. The molecule has 6 nitrogen and oxygen atoms in total. The summed E-state index contributed by atoms with van der Waals surface area (Å²) >= 11 is 5.83. The van der Waals surface area contributed by atoms with Crippen LogP contribution in [0, 0.1) is 6.92 Å². The van der Waals surface area contributed by atoms with E-state index in [1.54, 1.807) is 5.01 Å². The molecule has 1 amide bonds. The number of nitrogens with one attached hydrogen (secondary N) is 1. The van der Waals surface area contributed by atoms with Gasteiger partial charge in [0.15, 0.2) is 0 Å². The molecule has 0 fully saturated rings. The van der Waals surface area contributed by atoms with Crippen molar-refractivity contribution < 1.29 is 13.2 Å². The lowest BCUT2D eigenvalue weighted by Gasteiger charge is -2.24. The fourth-order valence-corrected chi connectivity index (χ4v) is 3.17. The van der Waals surface area contributed by atoms with Gasteiger partial charge in [0, 0.05) is 12.1 Å². The Kier molecular flexibility index (Phi) is 5.48. The SMILES string of the molecule is CCN(NC(=O)c1ccc(Cl)c(S(N)(=O)=O)c1)c1ccc(C)cc1. The third-order valence-electron chi connectivity index (χ3n) is 3.40. The number of primary sulfonamides is 1. The van der Waals surface area contributed by atoms with Gasteiger partial charge in [-0.3, -0.25) is 15.2 Å². The third kappa shape index (κ3) is 4.25. The second-order valence-corrected chi connectivity index (χ2v) is 7.15. The van der Waals surface area contributed by atoms with Gasteiger partial charge in [0.05, 0.1) is 10.7 Å². The Hall–Kier alpha value is -2.09. The van der Waals surface area contributed by atoms with Crippen molar-refractivity contribution in [3.05, 3.63) is 58.6 Å². The van der Waals surface area contributed by atoms with Crippen molar-refractivity contribution in [3.8, 4) is 0 Å². The fraction of sp³-hybridized carbons (Fsp3) is 0.188. The van der Waals surface area contributed by atoms with E-state index in [0.29, 0.717) is 6.54 Å². The van der Waals surface area contributed by atoms with Crippen LogP contribution in [0.4, 0.5) is 5.69 Å². The van der Waals surface area contributed by atoms with E-state index in [1.807, 2.05) is 38.1 Å². The Morgan fingerprint density at radius 2 is 1.83 bits per heavy atom. The number of carbonyl (C=O) groups excluding carboxylic acids is 1. The summed E-state index contributed by atoms with van der Waals surface area (Å²) in [6, 6.07) is 11.6. The predicted octanol–water partition coefficient (Wildman–Crippen LogP) is 2.47. The van der Waals surface area contributed by atoms with E-state index in [1.165, 1.54) is 12.1 Å². The van der Waals surface area contributed by atoms with Crippen molar-refractivity contribution in [2.45, 2.75) is 18.7 Å². The quantitative estimate of drug-likeness (QED) is 0.794. The lowest BCUT2D eigenvalue weighted by molar-refractivity contribution is 0.0949. The van der Waals surface area contributed by atoms with Crippen LogP contribution in [-0.4, -0.2) is 20.9 Å². The van der Waals surface area contributed by atoms with Crippen molar-refractivity contribution >= 4 is 33.2 Å². The second kappa shape index (κ2) is 7.21. The molecule has 0 aliphatic carbocycles. The number of hydrogen-bond acceptors (Lipinski definition) is 4. The zero-order valence-electron chi connectivity index (χ0n) is 13.3. The van der Waals surface area contributed by atoms with Crippen LogP contribution in [0.2, 0.25) is 5.02 Å². The average Bonchev–Trinajstić information content (AvgIpc) is 2.52. The first-order chi connectivity index (χ1) is 11.2. The van der Waals surface area contributed by atoms with Crippen molar-refractivity contribution in [2.75, 3.05) is 11.6 Å². The maximum absolute atomic E-state index is 12.4. The van der Waals surface area contributed by atoms with Gasteiger partial charge in [-0.1, -0.05) is 29.3 Å². The lowest BCUT2D eigenvalue weighted by atomic mass is 10.2. The molecular formula is C16H18ClN3O3S. The van der Waals surface area contributed by atoms with Crippen LogP contribution in [0.3, 0.4) is 0 Å². The highest BCUT2D eigenvalue weighted by Crippen LogP contribution is 2.22. The number of nitrogens with zero attached hydrogens (tertiary/aromatic N) is 1. The minimum absolute atomic E-state index is 0.0278. The van der Waals surface area contributed by atoms with Gasteiger partial charge in [-0.2, -0.15) is 0 Å². The number of rotatable bonds is 5. The summed E-state index contributed by atoms with van der Waals surface area (Å²) in [5.41, 5.74) is 4.80. The van der Waals surface area contributed by atoms with Crippen molar-refractivity contribution in [1.29, 1.82) is 0 Å². The fourth-order valence-electron chi connectivity index (χ4n) is 2.10. The summed E-state index contributed by atoms with van der Waals surface area (Å²) < 4.78 is 23.0.